The number of esters is 1. The first-order valence-electron chi connectivity index (χ1n) is 5.31. The summed E-state index contributed by atoms with van der Waals surface area (Å²) in [6.07, 6.45) is 0. The van der Waals surface area contributed by atoms with Crippen molar-refractivity contribution in [3.05, 3.63) is 45.7 Å². The van der Waals surface area contributed by atoms with Crippen molar-refractivity contribution in [1.29, 1.82) is 0 Å². The summed E-state index contributed by atoms with van der Waals surface area (Å²) in [6.45, 7) is 2.97. The van der Waals surface area contributed by atoms with Crippen molar-refractivity contribution in [3.8, 4) is 0 Å². The predicted octanol–water partition coefficient (Wildman–Crippen LogP) is 3.44. The molecule has 1 aromatic rings. The van der Waals surface area contributed by atoms with Gasteiger partial charge >= 0.3 is 5.97 Å². The van der Waals surface area contributed by atoms with Crippen LogP contribution in [0, 0.1) is 0 Å². The van der Waals surface area contributed by atoms with E-state index in [1.54, 1.807) is 19.1 Å². The lowest BCUT2D eigenvalue weighted by Gasteiger charge is -2.04. The third kappa shape index (κ3) is 3.50. The first-order valence-corrected chi connectivity index (χ1v) is 6.10. The highest BCUT2D eigenvalue weighted by molar-refractivity contribution is 9.10. The van der Waals surface area contributed by atoms with E-state index in [0.717, 1.165) is 4.47 Å². The number of rotatable bonds is 4. The quantitative estimate of drug-likeness (QED) is 0.486. The number of hydrogen-bond acceptors (Lipinski definition) is 3. The monoisotopic (exact) mass is 314 g/mol. The molecule has 0 aliphatic rings. The molecule has 0 spiro atoms. The Morgan fingerprint density at radius 3 is 2.33 bits per heavy atom. The van der Waals surface area contributed by atoms with Crippen molar-refractivity contribution >= 4 is 27.7 Å². The van der Waals surface area contributed by atoms with Crippen molar-refractivity contribution in [2.75, 3.05) is 6.61 Å². The molecular weight excluding hydrogens is 303 g/mol. The maximum absolute atomic E-state index is 13.8. The molecule has 0 amide bonds. The molecule has 0 aromatic heterocycles. The van der Waals surface area contributed by atoms with Gasteiger partial charge in [0.2, 0.25) is 5.78 Å². The van der Waals surface area contributed by atoms with E-state index >= 15 is 0 Å². The third-order valence-electron chi connectivity index (χ3n) is 2.22. The summed E-state index contributed by atoms with van der Waals surface area (Å²) in [5, 5.41) is 0. The van der Waals surface area contributed by atoms with Crippen LogP contribution in [0.15, 0.2) is 40.1 Å². The van der Waals surface area contributed by atoms with Crippen LogP contribution in [0.2, 0.25) is 0 Å². The van der Waals surface area contributed by atoms with Gasteiger partial charge in [-0.3, -0.25) is 4.79 Å². The molecule has 0 aliphatic carbocycles. The molecule has 18 heavy (non-hydrogen) atoms. The number of ether oxygens (including phenoxy) is 1. The van der Waals surface area contributed by atoms with Gasteiger partial charge in [-0.1, -0.05) is 15.9 Å². The van der Waals surface area contributed by atoms with E-state index in [4.69, 9.17) is 0 Å². The number of benzene rings is 1. The molecule has 0 unspecified atom stereocenters. The molecule has 96 valence electrons. The summed E-state index contributed by atoms with van der Waals surface area (Å²) in [7, 11) is 0. The van der Waals surface area contributed by atoms with E-state index < -0.39 is 17.6 Å². The zero-order chi connectivity index (χ0) is 13.7. The molecule has 0 radical (unpaired) electrons. The zero-order valence-electron chi connectivity index (χ0n) is 10.00. The summed E-state index contributed by atoms with van der Waals surface area (Å²) in [4.78, 5) is 23.0. The second-order valence-electron chi connectivity index (χ2n) is 3.50. The third-order valence-corrected chi connectivity index (χ3v) is 2.75. The minimum absolute atomic E-state index is 0.135. The maximum Gasteiger partial charge on any atom is 0.336 e. The fourth-order valence-corrected chi connectivity index (χ4v) is 1.49. The normalized spacial score (nSPS) is 11.8. The Balaban J connectivity index is 2.99. The molecule has 1 rings (SSSR count). The van der Waals surface area contributed by atoms with Gasteiger partial charge in [0.1, 0.15) is 0 Å². The van der Waals surface area contributed by atoms with Crippen molar-refractivity contribution < 1.29 is 18.7 Å². The predicted molar refractivity (Wildman–Crippen MR) is 68.9 cm³/mol. The molecule has 0 heterocycles. The highest BCUT2D eigenvalue weighted by Crippen LogP contribution is 2.17. The number of carbonyl (C=O) groups excluding carboxylic acids is 2. The molecule has 1 aromatic carbocycles. The van der Waals surface area contributed by atoms with Crippen LogP contribution >= 0.6 is 15.9 Å². The molecule has 0 fully saturated rings. The van der Waals surface area contributed by atoms with E-state index in [9.17, 15) is 14.0 Å². The van der Waals surface area contributed by atoms with E-state index in [2.05, 4.69) is 20.7 Å². The van der Waals surface area contributed by atoms with E-state index in [0.29, 0.717) is 0 Å². The van der Waals surface area contributed by atoms with Crippen LogP contribution in [0.3, 0.4) is 0 Å². The Labute approximate surface area is 113 Å². The summed E-state index contributed by atoms with van der Waals surface area (Å²) < 4.78 is 19.2. The van der Waals surface area contributed by atoms with Crippen LogP contribution in [-0.4, -0.2) is 18.4 Å². The second-order valence-corrected chi connectivity index (χ2v) is 4.41. The van der Waals surface area contributed by atoms with Crippen LogP contribution in [0.1, 0.15) is 24.2 Å². The van der Waals surface area contributed by atoms with E-state index in [1.165, 1.54) is 19.1 Å². The molecule has 0 N–H and O–H groups in total. The van der Waals surface area contributed by atoms with Gasteiger partial charge in [0.15, 0.2) is 5.83 Å². The van der Waals surface area contributed by atoms with Gasteiger partial charge in [-0.2, -0.15) is 0 Å². The minimum atomic E-state index is -1.09. The Morgan fingerprint density at radius 2 is 1.83 bits per heavy atom. The van der Waals surface area contributed by atoms with Crippen molar-refractivity contribution in [2.45, 2.75) is 13.8 Å². The van der Waals surface area contributed by atoms with Crippen LogP contribution in [-0.2, 0) is 9.53 Å². The van der Waals surface area contributed by atoms with Crippen LogP contribution in [0.4, 0.5) is 4.39 Å². The number of hydrogen-bond donors (Lipinski definition) is 0. The number of Topliss-reactive ketones (excluding diaryl/α,β-unsaturated/α-hetero) is 1. The standard InChI is InChI=1S/C13H12BrFO3/c1-3-18-13(17)8(2)11(15)12(16)9-4-6-10(14)7-5-9/h4-7H,3H2,1-2H3/b11-8+. The number of ketones is 1. The van der Waals surface area contributed by atoms with Crippen molar-refractivity contribution in [1.82, 2.24) is 0 Å². The summed E-state index contributed by atoms with van der Waals surface area (Å²) in [5.41, 5.74) is -0.135. The molecule has 0 saturated carbocycles. The second kappa shape index (κ2) is 6.44. The van der Waals surface area contributed by atoms with Crippen molar-refractivity contribution in [3.63, 3.8) is 0 Å². The van der Waals surface area contributed by atoms with Gasteiger partial charge in [-0.15, -0.1) is 0 Å². The van der Waals surface area contributed by atoms with Crippen LogP contribution in [0.25, 0.3) is 0 Å². The fraction of sp³-hybridized carbons (Fsp3) is 0.231. The number of allylic oxidation sites excluding steroid dienone is 1. The lowest BCUT2D eigenvalue weighted by Crippen LogP contribution is -2.11. The summed E-state index contributed by atoms with van der Waals surface area (Å²) in [6, 6.07) is 6.20. The number of carbonyl (C=O) groups is 2. The van der Waals surface area contributed by atoms with Gasteiger partial charge in [-0.05, 0) is 38.1 Å². The Kier molecular flexibility index (Phi) is 5.22. The molecule has 0 atom stereocenters. The minimum Gasteiger partial charge on any atom is -0.463 e. The summed E-state index contributed by atoms with van der Waals surface area (Å²) in [5.74, 6) is -2.73. The van der Waals surface area contributed by atoms with E-state index in [-0.39, 0.29) is 17.7 Å². The molecule has 5 heteroatoms. The highest BCUT2D eigenvalue weighted by Gasteiger charge is 2.19. The SMILES string of the molecule is CCOC(=O)/C(C)=C(/F)C(=O)c1ccc(Br)cc1. The molecule has 0 bridgehead atoms. The average Bonchev–Trinajstić information content (AvgIpc) is 2.37. The molecule has 3 nitrogen and oxygen atoms in total. The number of halogens is 2. The van der Waals surface area contributed by atoms with Crippen LogP contribution in [0.5, 0.6) is 0 Å². The topological polar surface area (TPSA) is 43.4 Å². The van der Waals surface area contributed by atoms with Crippen LogP contribution < -0.4 is 0 Å². The lowest BCUT2D eigenvalue weighted by atomic mass is 10.1. The molecule has 0 aliphatic heterocycles. The Hall–Kier alpha value is -1.49. The molecular formula is C13H12BrFO3. The largest absolute Gasteiger partial charge is 0.463 e. The lowest BCUT2D eigenvalue weighted by molar-refractivity contribution is -0.138. The highest BCUT2D eigenvalue weighted by atomic mass is 79.9. The Morgan fingerprint density at radius 1 is 1.28 bits per heavy atom. The first kappa shape index (κ1) is 14.6. The van der Waals surface area contributed by atoms with Gasteiger partial charge in [0.25, 0.3) is 0 Å². The van der Waals surface area contributed by atoms with Gasteiger partial charge in [0, 0.05) is 10.0 Å². The summed E-state index contributed by atoms with van der Waals surface area (Å²) >= 11 is 3.21. The van der Waals surface area contributed by atoms with Gasteiger partial charge in [0.05, 0.1) is 12.2 Å². The van der Waals surface area contributed by atoms with Crippen molar-refractivity contribution in [2.24, 2.45) is 0 Å². The average molecular weight is 315 g/mol. The zero-order valence-corrected chi connectivity index (χ0v) is 11.6. The first-order chi connectivity index (χ1) is 8.47. The van der Waals surface area contributed by atoms with Gasteiger partial charge in [-0.25, -0.2) is 9.18 Å². The molecule has 0 saturated heterocycles. The van der Waals surface area contributed by atoms with E-state index in [1.807, 2.05) is 0 Å². The fourth-order valence-electron chi connectivity index (χ4n) is 1.23. The smallest absolute Gasteiger partial charge is 0.336 e. The van der Waals surface area contributed by atoms with Gasteiger partial charge < -0.3 is 4.74 Å². The maximum atomic E-state index is 13.8. The Bertz CT molecular complexity index is 491.